The number of ether oxygens (including phenoxy) is 1. The molecule has 28 heavy (non-hydrogen) atoms. The first-order valence-corrected chi connectivity index (χ1v) is 11.8. The summed E-state index contributed by atoms with van der Waals surface area (Å²) in [5.41, 5.74) is -0.646. The van der Waals surface area contributed by atoms with Crippen LogP contribution in [0.25, 0.3) is 0 Å². The van der Waals surface area contributed by atoms with E-state index >= 15 is 0 Å². The molecule has 2 heterocycles. The van der Waals surface area contributed by atoms with E-state index < -0.39 is 35.9 Å². The van der Waals surface area contributed by atoms with Gasteiger partial charge in [0.05, 0.1) is 12.1 Å². The van der Waals surface area contributed by atoms with Gasteiger partial charge in [-0.15, -0.1) is 11.8 Å². The van der Waals surface area contributed by atoms with E-state index in [1.165, 1.54) is 18.2 Å². The highest BCUT2D eigenvalue weighted by atomic mass is 32.2. The van der Waals surface area contributed by atoms with Crippen LogP contribution in [0, 0.1) is 11.8 Å². The fraction of sp³-hybridized carbons (Fsp3) is 0.950. The molecule has 2 fully saturated rings. The maximum atomic E-state index is 13.0. The van der Waals surface area contributed by atoms with Crippen LogP contribution in [-0.4, -0.2) is 76.0 Å². The van der Waals surface area contributed by atoms with Gasteiger partial charge in [0.15, 0.2) is 0 Å². The van der Waals surface area contributed by atoms with E-state index in [-0.39, 0.29) is 17.9 Å². The second-order valence-corrected chi connectivity index (χ2v) is 9.43. The molecule has 2 aliphatic heterocycles. The van der Waals surface area contributed by atoms with Gasteiger partial charge in [-0.3, -0.25) is 4.79 Å². The number of hydrogen-bond donors (Lipinski definition) is 5. The quantitative estimate of drug-likeness (QED) is 0.397. The summed E-state index contributed by atoms with van der Waals surface area (Å²) >= 11 is 1.28. The molecule has 0 saturated carbocycles. The molecule has 2 rings (SSSR count). The zero-order valence-corrected chi connectivity index (χ0v) is 18.3. The van der Waals surface area contributed by atoms with Crippen molar-refractivity contribution < 1.29 is 24.9 Å². The summed E-state index contributed by atoms with van der Waals surface area (Å²) in [4.78, 5) is 13.0. The van der Waals surface area contributed by atoms with Crippen molar-refractivity contribution in [3.63, 3.8) is 0 Å². The maximum Gasteiger partial charge on any atom is 0.237 e. The molecule has 0 radical (unpaired) electrons. The van der Waals surface area contributed by atoms with E-state index in [2.05, 4.69) is 17.6 Å². The zero-order valence-electron chi connectivity index (χ0n) is 17.5. The highest BCUT2D eigenvalue weighted by Gasteiger charge is 2.47. The molecule has 2 aliphatic rings. The Morgan fingerprint density at radius 3 is 2.57 bits per heavy atom. The number of aliphatic hydroxyl groups is 3. The number of carbonyl (C=O) groups is 1. The van der Waals surface area contributed by atoms with Crippen molar-refractivity contribution >= 4 is 17.7 Å². The lowest BCUT2D eigenvalue weighted by Crippen LogP contribution is -2.65. The Morgan fingerprint density at radius 2 is 1.96 bits per heavy atom. The normalized spacial score (nSPS) is 37.6. The van der Waals surface area contributed by atoms with Crippen LogP contribution in [-0.2, 0) is 9.53 Å². The van der Waals surface area contributed by atoms with Gasteiger partial charge in [0.2, 0.25) is 5.91 Å². The summed E-state index contributed by atoms with van der Waals surface area (Å²) in [5.74, 6) is 0.467. The van der Waals surface area contributed by atoms with E-state index in [0.29, 0.717) is 5.92 Å². The SMILES string of the molecule is CCCC[C@H]1CCN[C@H](C(=O)N[C@H](C(C)C)[C@H]2O[C@H](SC)[C@H](O)[C@@H](O)[C@H]2O)C1. The Bertz CT molecular complexity index is 493. The molecule has 0 unspecified atom stereocenters. The Kier molecular flexibility index (Phi) is 9.50. The van der Waals surface area contributed by atoms with Crippen molar-refractivity contribution in [2.75, 3.05) is 12.8 Å². The van der Waals surface area contributed by atoms with Gasteiger partial charge in [0.25, 0.3) is 0 Å². The van der Waals surface area contributed by atoms with Gasteiger partial charge in [-0.05, 0) is 37.5 Å². The largest absolute Gasteiger partial charge is 0.388 e. The maximum absolute atomic E-state index is 13.0. The van der Waals surface area contributed by atoms with Crippen LogP contribution < -0.4 is 10.6 Å². The molecule has 0 aromatic heterocycles. The molecule has 0 aromatic rings. The summed E-state index contributed by atoms with van der Waals surface area (Å²) in [7, 11) is 0. The van der Waals surface area contributed by atoms with Crippen LogP contribution >= 0.6 is 11.8 Å². The molecular formula is C20H38N2O5S. The average molecular weight is 419 g/mol. The third-order valence-corrected chi connectivity index (χ3v) is 6.87. The number of thioether (sulfide) groups is 1. The second-order valence-electron chi connectivity index (χ2n) is 8.49. The van der Waals surface area contributed by atoms with E-state index in [1.807, 2.05) is 13.8 Å². The summed E-state index contributed by atoms with van der Waals surface area (Å²) in [6.07, 6.45) is 2.69. The number of nitrogens with one attached hydrogen (secondary N) is 2. The molecule has 8 atom stereocenters. The Balaban J connectivity index is 2.04. The third-order valence-electron chi connectivity index (χ3n) is 6.01. The van der Waals surface area contributed by atoms with Gasteiger partial charge in [0.1, 0.15) is 29.9 Å². The fourth-order valence-corrected chi connectivity index (χ4v) is 4.89. The molecule has 7 nitrogen and oxygen atoms in total. The molecular weight excluding hydrogens is 380 g/mol. The minimum atomic E-state index is -1.31. The second kappa shape index (κ2) is 11.1. The predicted molar refractivity (Wildman–Crippen MR) is 111 cm³/mol. The summed E-state index contributed by atoms with van der Waals surface area (Å²) < 4.78 is 5.88. The van der Waals surface area contributed by atoms with Gasteiger partial charge < -0.3 is 30.7 Å². The number of aliphatic hydroxyl groups excluding tert-OH is 3. The smallest absolute Gasteiger partial charge is 0.237 e. The highest BCUT2D eigenvalue weighted by molar-refractivity contribution is 7.99. The number of carbonyl (C=O) groups excluding carboxylic acids is 1. The molecule has 5 N–H and O–H groups in total. The van der Waals surface area contributed by atoms with Gasteiger partial charge in [-0.1, -0.05) is 40.0 Å². The molecule has 0 bridgehead atoms. The first-order valence-electron chi connectivity index (χ1n) is 10.6. The van der Waals surface area contributed by atoms with Crippen LogP contribution in [0.4, 0.5) is 0 Å². The minimum absolute atomic E-state index is 0.00646. The van der Waals surface area contributed by atoms with Crippen molar-refractivity contribution in [3.8, 4) is 0 Å². The molecule has 8 heteroatoms. The summed E-state index contributed by atoms with van der Waals surface area (Å²) in [5, 5.41) is 37.2. The predicted octanol–water partition coefficient (Wildman–Crippen LogP) is 0.856. The number of piperidine rings is 1. The van der Waals surface area contributed by atoms with Gasteiger partial charge in [-0.2, -0.15) is 0 Å². The summed E-state index contributed by atoms with van der Waals surface area (Å²) in [6.45, 7) is 6.91. The van der Waals surface area contributed by atoms with Crippen molar-refractivity contribution in [3.05, 3.63) is 0 Å². The van der Waals surface area contributed by atoms with Crippen LogP contribution in [0.5, 0.6) is 0 Å². The van der Waals surface area contributed by atoms with E-state index in [4.69, 9.17) is 4.74 Å². The lowest BCUT2D eigenvalue weighted by atomic mass is 9.86. The number of unbranched alkanes of at least 4 members (excludes halogenated alkanes) is 1. The molecule has 0 aromatic carbocycles. The fourth-order valence-electron chi connectivity index (χ4n) is 4.21. The molecule has 164 valence electrons. The highest BCUT2D eigenvalue weighted by Crippen LogP contribution is 2.30. The van der Waals surface area contributed by atoms with Gasteiger partial charge in [-0.25, -0.2) is 0 Å². The van der Waals surface area contributed by atoms with Gasteiger partial charge >= 0.3 is 0 Å². The number of hydrogen-bond acceptors (Lipinski definition) is 7. The average Bonchev–Trinajstić information content (AvgIpc) is 2.69. The first kappa shape index (κ1) is 23.9. The van der Waals surface area contributed by atoms with Crippen LogP contribution in [0.2, 0.25) is 0 Å². The number of amides is 1. The Labute approximate surface area is 173 Å². The zero-order chi connectivity index (χ0) is 20.8. The van der Waals surface area contributed by atoms with Gasteiger partial charge in [0, 0.05) is 0 Å². The number of rotatable bonds is 8. The van der Waals surface area contributed by atoms with E-state index in [9.17, 15) is 20.1 Å². The Morgan fingerprint density at radius 1 is 1.25 bits per heavy atom. The molecule has 2 saturated heterocycles. The van der Waals surface area contributed by atoms with Crippen molar-refractivity contribution in [2.45, 2.75) is 94.8 Å². The Hall–Kier alpha value is -0.380. The van der Waals surface area contributed by atoms with E-state index in [0.717, 1.165) is 32.2 Å². The molecule has 1 amide bonds. The van der Waals surface area contributed by atoms with Crippen LogP contribution in [0.3, 0.4) is 0 Å². The minimum Gasteiger partial charge on any atom is -0.388 e. The van der Waals surface area contributed by atoms with Crippen LogP contribution in [0.1, 0.15) is 52.9 Å². The lowest BCUT2D eigenvalue weighted by Gasteiger charge is -2.44. The van der Waals surface area contributed by atoms with Crippen molar-refractivity contribution in [1.82, 2.24) is 10.6 Å². The molecule has 0 spiro atoms. The first-order chi connectivity index (χ1) is 13.3. The summed E-state index contributed by atoms with van der Waals surface area (Å²) in [6, 6.07) is -0.707. The monoisotopic (exact) mass is 418 g/mol. The van der Waals surface area contributed by atoms with Crippen molar-refractivity contribution in [1.29, 1.82) is 0 Å². The standard InChI is InChI=1S/C20H38N2O5S/c1-5-6-7-12-8-9-21-13(10-12)19(26)22-14(11(2)3)18-16(24)15(23)17(25)20(27-18)28-4/h11-18,20-21,23-25H,5-10H2,1-4H3,(H,22,26)/t12-,13-,14+,15-,16+,17+,18+,20+/m0/s1. The lowest BCUT2D eigenvalue weighted by molar-refractivity contribution is -0.208. The van der Waals surface area contributed by atoms with Crippen molar-refractivity contribution in [2.24, 2.45) is 11.8 Å². The molecule has 0 aliphatic carbocycles. The topological polar surface area (TPSA) is 111 Å². The van der Waals surface area contributed by atoms with E-state index in [1.54, 1.807) is 6.26 Å². The van der Waals surface area contributed by atoms with Crippen LogP contribution in [0.15, 0.2) is 0 Å². The third kappa shape index (κ3) is 5.83.